The summed E-state index contributed by atoms with van der Waals surface area (Å²) in [6, 6.07) is 17.7. The van der Waals surface area contributed by atoms with Gasteiger partial charge in [-0.15, -0.1) is 0 Å². The van der Waals surface area contributed by atoms with Crippen molar-refractivity contribution in [3.63, 3.8) is 0 Å². The molecule has 0 spiro atoms. The summed E-state index contributed by atoms with van der Waals surface area (Å²) in [6.45, 7) is 3.42. The molecule has 1 fully saturated rings. The van der Waals surface area contributed by atoms with Crippen molar-refractivity contribution in [1.82, 2.24) is 14.1 Å². The molecular formula is C27H31Cl2N3O5S. The number of sulfonamides is 1. The number of nitrogens with zero attached hydrogens (tertiary/aromatic N) is 3. The van der Waals surface area contributed by atoms with Gasteiger partial charge in [-0.1, -0.05) is 53.5 Å². The number of amides is 1. The molecule has 11 heteroatoms. The fourth-order valence-corrected chi connectivity index (χ4v) is 6.34. The Morgan fingerprint density at radius 1 is 0.974 bits per heavy atom. The van der Waals surface area contributed by atoms with E-state index in [-0.39, 0.29) is 40.5 Å². The Morgan fingerprint density at radius 3 is 2.45 bits per heavy atom. The van der Waals surface area contributed by atoms with E-state index in [0.29, 0.717) is 51.6 Å². The Hall–Kier alpha value is -2.40. The van der Waals surface area contributed by atoms with Crippen LogP contribution in [0.1, 0.15) is 11.3 Å². The number of hydrogen-bond donors (Lipinski definition) is 0. The van der Waals surface area contributed by atoms with Gasteiger partial charge in [-0.05, 0) is 42.3 Å². The normalized spacial score (nSPS) is 14.6. The van der Waals surface area contributed by atoms with Crippen molar-refractivity contribution in [3.8, 4) is 0 Å². The molecule has 1 aromatic heterocycles. The largest absolute Gasteiger partial charge is 0.467 e. The van der Waals surface area contributed by atoms with E-state index in [1.54, 1.807) is 23.3 Å². The van der Waals surface area contributed by atoms with E-state index < -0.39 is 10.0 Å². The maximum atomic E-state index is 13.8. The van der Waals surface area contributed by atoms with E-state index in [9.17, 15) is 13.2 Å². The number of furan rings is 1. The molecule has 8 nitrogen and oxygen atoms in total. The molecule has 1 aliphatic heterocycles. The minimum atomic E-state index is -4.12. The van der Waals surface area contributed by atoms with Crippen LogP contribution in [0.4, 0.5) is 0 Å². The van der Waals surface area contributed by atoms with E-state index in [1.165, 1.54) is 22.5 Å². The number of morpholine rings is 1. The standard InChI is InChI=1S/C27H31Cl2N3O5S/c28-23-8-9-25(29)26(19-23)38(34,35)32(13-12-30-14-17-36-18-15-30)21-27(33)31(20-24-7-4-16-37-24)11-10-22-5-2-1-3-6-22/h1-9,16,19H,10-15,17-18,20-21H2. The number of benzene rings is 2. The van der Waals surface area contributed by atoms with Crippen molar-refractivity contribution in [1.29, 1.82) is 0 Å². The minimum Gasteiger partial charge on any atom is -0.467 e. The molecule has 0 N–H and O–H groups in total. The number of ether oxygens (including phenoxy) is 1. The third-order valence-corrected chi connectivity index (χ3v) is 8.95. The Bertz CT molecular complexity index is 1280. The Morgan fingerprint density at radius 2 is 1.74 bits per heavy atom. The fraction of sp³-hybridized carbons (Fsp3) is 0.370. The van der Waals surface area contributed by atoms with Crippen molar-refractivity contribution in [2.24, 2.45) is 0 Å². The fourth-order valence-electron chi connectivity index (χ4n) is 4.22. The first-order valence-corrected chi connectivity index (χ1v) is 14.6. The molecule has 3 aromatic rings. The van der Waals surface area contributed by atoms with Gasteiger partial charge in [0.05, 0.1) is 37.6 Å². The first-order valence-electron chi connectivity index (χ1n) is 12.4. The van der Waals surface area contributed by atoms with Crippen LogP contribution in [0.3, 0.4) is 0 Å². The van der Waals surface area contributed by atoms with Crippen molar-refractivity contribution in [2.75, 3.05) is 52.5 Å². The van der Waals surface area contributed by atoms with Crippen LogP contribution in [0, 0.1) is 0 Å². The van der Waals surface area contributed by atoms with Gasteiger partial charge in [0.2, 0.25) is 15.9 Å². The maximum Gasteiger partial charge on any atom is 0.245 e. The Labute approximate surface area is 233 Å². The SMILES string of the molecule is O=C(CN(CCN1CCOCC1)S(=O)(=O)c1cc(Cl)ccc1Cl)N(CCc1ccccc1)Cc1ccco1. The van der Waals surface area contributed by atoms with E-state index >= 15 is 0 Å². The van der Waals surface area contributed by atoms with Gasteiger partial charge in [0.25, 0.3) is 0 Å². The van der Waals surface area contributed by atoms with Crippen LogP contribution in [-0.2, 0) is 32.5 Å². The second-order valence-corrected chi connectivity index (χ2v) is 11.7. The molecule has 0 saturated carbocycles. The lowest BCUT2D eigenvalue weighted by molar-refractivity contribution is -0.132. The van der Waals surface area contributed by atoms with Gasteiger partial charge in [-0.25, -0.2) is 8.42 Å². The summed E-state index contributed by atoms with van der Waals surface area (Å²) >= 11 is 12.4. The molecule has 2 aromatic carbocycles. The highest BCUT2D eigenvalue weighted by atomic mass is 35.5. The third kappa shape index (κ3) is 7.81. The Kier molecular flexibility index (Phi) is 10.2. The highest BCUT2D eigenvalue weighted by molar-refractivity contribution is 7.89. The second kappa shape index (κ2) is 13.6. The topological polar surface area (TPSA) is 83.3 Å². The smallest absolute Gasteiger partial charge is 0.245 e. The summed E-state index contributed by atoms with van der Waals surface area (Å²) in [6.07, 6.45) is 2.17. The molecule has 2 heterocycles. The van der Waals surface area contributed by atoms with Gasteiger partial charge in [-0.3, -0.25) is 9.69 Å². The van der Waals surface area contributed by atoms with E-state index in [0.717, 1.165) is 5.56 Å². The lowest BCUT2D eigenvalue weighted by Crippen LogP contribution is -2.47. The van der Waals surface area contributed by atoms with Crippen LogP contribution in [0.15, 0.2) is 76.2 Å². The van der Waals surface area contributed by atoms with Crippen LogP contribution in [0.2, 0.25) is 10.0 Å². The molecule has 1 amide bonds. The molecule has 4 rings (SSSR count). The van der Waals surface area contributed by atoms with Crippen molar-refractivity contribution >= 4 is 39.1 Å². The molecule has 1 aliphatic rings. The average Bonchev–Trinajstić information content (AvgIpc) is 3.44. The molecule has 204 valence electrons. The molecular weight excluding hydrogens is 549 g/mol. The summed E-state index contributed by atoms with van der Waals surface area (Å²) < 4.78 is 39.7. The van der Waals surface area contributed by atoms with E-state index in [4.69, 9.17) is 32.4 Å². The molecule has 0 bridgehead atoms. The molecule has 0 atom stereocenters. The van der Waals surface area contributed by atoms with Gasteiger partial charge in [0.15, 0.2) is 0 Å². The zero-order valence-corrected chi connectivity index (χ0v) is 23.3. The lowest BCUT2D eigenvalue weighted by Gasteiger charge is -2.31. The Balaban J connectivity index is 1.56. The van der Waals surface area contributed by atoms with Crippen LogP contribution in [0.5, 0.6) is 0 Å². The molecule has 1 saturated heterocycles. The van der Waals surface area contributed by atoms with Gasteiger partial charge in [-0.2, -0.15) is 4.31 Å². The summed E-state index contributed by atoms with van der Waals surface area (Å²) in [4.78, 5) is 17.3. The second-order valence-electron chi connectivity index (χ2n) is 9.00. The van der Waals surface area contributed by atoms with Gasteiger partial charge in [0.1, 0.15) is 10.7 Å². The molecule has 0 unspecified atom stereocenters. The summed E-state index contributed by atoms with van der Waals surface area (Å²) in [5.74, 6) is 0.285. The number of carbonyl (C=O) groups excluding carboxylic acids is 1. The van der Waals surface area contributed by atoms with Crippen molar-refractivity contribution < 1.29 is 22.4 Å². The van der Waals surface area contributed by atoms with Crippen LogP contribution >= 0.6 is 23.2 Å². The predicted molar refractivity (Wildman–Crippen MR) is 147 cm³/mol. The van der Waals surface area contributed by atoms with E-state index in [1.807, 2.05) is 30.3 Å². The summed E-state index contributed by atoms with van der Waals surface area (Å²) in [5, 5.41) is 0.296. The van der Waals surface area contributed by atoms with Gasteiger partial charge >= 0.3 is 0 Å². The third-order valence-electron chi connectivity index (χ3n) is 6.38. The number of halogens is 2. The van der Waals surface area contributed by atoms with E-state index in [2.05, 4.69) is 4.90 Å². The van der Waals surface area contributed by atoms with Crippen LogP contribution in [-0.4, -0.2) is 80.9 Å². The first-order chi connectivity index (χ1) is 18.3. The zero-order valence-electron chi connectivity index (χ0n) is 21.0. The molecule has 0 aliphatic carbocycles. The first kappa shape index (κ1) is 28.6. The zero-order chi connectivity index (χ0) is 27.0. The number of hydrogen-bond acceptors (Lipinski definition) is 6. The highest BCUT2D eigenvalue weighted by Gasteiger charge is 2.31. The number of rotatable bonds is 12. The molecule has 38 heavy (non-hydrogen) atoms. The van der Waals surface area contributed by atoms with Crippen LogP contribution < -0.4 is 0 Å². The van der Waals surface area contributed by atoms with Crippen LogP contribution in [0.25, 0.3) is 0 Å². The molecule has 0 radical (unpaired) electrons. The predicted octanol–water partition coefficient (Wildman–Crippen LogP) is 4.18. The minimum absolute atomic E-state index is 0.0507. The van der Waals surface area contributed by atoms with Gasteiger partial charge in [0, 0.05) is 37.7 Å². The maximum absolute atomic E-state index is 13.8. The van der Waals surface area contributed by atoms with Gasteiger partial charge < -0.3 is 14.1 Å². The lowest BCUT2D eigenvalue weighted by atomic mass is 10.1. The van der Waals surface area contributed by atoms with Crippen molar-refractivity contribution in [2.45, 2.75) is 17.9 Å². The summed E-state index contributed by atoms with van der Waals surface area (Å²) in [7, 11) is -4.12. The van der Waals surface area contributed by atoms with Crippen molar-refractivity contribution in [3.05, 3.63) is 88.3 Å². The number of carbonyl (C=O) groups is 1. The summed E-state index contributed by atoms with van der Waals surface area (Å²) in [5.41, 5.74) is 1.08. The monoisotopic (exact) mass is 579 g/mol. The highest BCUT2D eigenvalue weighted by Crippen LogP contribution is 2.28. The average molecular weight is 581 g/mol. The quantitative estimate of drug-likeness (QED) is 0.320.